The molecule has 1 aromatic carbocycles. The summed E-state index contributed by atoms with van der Waals surface area (Å²) in [5.74, 6) is 0. The monoisotopic (exact) mass is 173 g/mol. The molecule has 0 atom stereocenters. The van der Waals surface area contributed by atoms with Crippen LogP contribution in [0.2, 0.25) is 0 Å². The van der Waals surface area contributed by atoms with Gasteiger partial charge < -0.3 is 10.1 Å². The average Bonchev–Trinajstić information content (AvgIpc) is 2.74. The average molecular weight is 173 g/mol. The van der Waals surface area contributed by atoms with Gasteiger partial charge in [-0.05, 0) is 35.9 Å². The molecule has 0 spiro atoms. The molecule has 13 heavy (non-hydrogen) atoms. The fourth-order valence-corrected chi connectivity index (χ4v) is 1.74. The van der Waals surface area contributed by atoms with E-state index in [4.69, 9.17) is 0 Å². The normalized spacial score (nSPS) is 19.2. The molecular formula is C11H11NO. The molecule has 2 heteroatoms. The van der Waals surface area contributed by atoms with E-state index >= 15 is 0 Å². The van der Waals surface area contributed by atoms with E-state index < -0.39 is 5.60 Å². The highest BCUT2D eigenvalue weighted by molar-refractivity contribution is 5.80. The van der Waals surface area contributed by atoms with Gasteiger partial charge in [0.15, 0.2) is 0 Å². The van der Waals surface area contributed by atoms with Crippen molar-refractivity contribution in [3.05, 3.63) is 36.0 Å². The third-order valence-corrected chi connectivity index (χ3v) is 2.82. The highest BCUT2D eigenvalue weighted by Gasteiger charge is 2.42. The summed E-state index contributed by atoms with van der Waals surface area (Å²) in [6.45, 7) is 0. The number of fused-ring (bicyclic) bond motifs is 1. The van der Waals surface area contributed by atoms with Crippen molar-refractivity contribution in [1.82, 2.24) is 4.98 Å². The predicted molar refractivity (Wildman–Crippen MR) is 51.4 cm³/mol. The first-order chi connectivity index (χ1) is 6.28. The highest BCUT2D eigenvalue weighted by atomic mass is 16.3. The van der Waals surface area contributed by atoms with E-state index in [-0.39, 0.29) is 0 Å². The maximum atomic E-state index is 9.88. The van der Waals surface area contributed by atoms with Crippen molar-refractivity contribution in [2.75, 3.05) is 0 Å². The molecule has 1 aliphatic rings. The Morgan fingerprint density at radius 1 is 1.23 bits per heavy atom. The van der Waals surface area contributed by atoms with Gasteiger partial charge in [-0.1, -0.05) is 12.1 Å². The maximum absolute atomic E-state index is 9.88. The number of aliphatic hydroxyl groups is 1. The third kappa shape index (κ3) is 0.988. The van der Waals surface area contributed by atoms with E-state index in [1.165, 1.54) is 5.39 Å². The van der Waals surface area contributed by atoms with Gasteiger partial charge >= 0.3 is 0 Å². The molecule has 1 heterocycles. The van der Waals surface area contributed by atoms with Crippen LogP contribution >= 0.6 is 0 Å². The SMILES string of the molecule is OC1(c2ccc3cc[nH]c3c2)CC1. The van der Waals surface area contributed by atoms with Crippen LogP contribution in [0.15, 0.2) is 30.5 Å². The lowest BCUT2D eigenvalue weighted by Crippen LogP contribution is -2.03. The molecule has 2 N–H and O–H groups in total. The number of hydrogen-bond donors (Lipinski definition) is 2. The van der Waals surface area contributed by atoms with E-state index in [1.807, 2.05) is 24.4 Å². The lowest BCUT2D eigenvalue weighted by molar-refractivity contribution is 0.151. The van der Waals surface area contributed by atoms with Crippen LogP contribution in [-0.4, -0.2) is 10.1 Å². The molecule has 1 aliphatic carbocycles. The molecule has 1 fully saturated rings. The Morgan fingerprint density at radius 2 is 2.08 bits per heavy atom. The van der Waals surface area contributed by atoms with Crippen LogP contribution in [0.3, 0.4) is 0 Å². The first-order valence-electron chi connectivity index (χ1n) is 4.58. The molecule has 3 rings (SSSR count). The largest absolute Gasteiger partial charge is 0.385 e. The lowest BCUT2D eigenvalue weighted by atomic mass is 10.1. The number of H-pyrrole nitrogens is 1. The van der Waals surface area contributed by atoms with Gasteiger partial charge in [0.25, 0.3) is 0 Å². The van der Waals surface area contributed by atoms with Crippen LogP contribution in [0.1, 0.15) is 18.4 Å². The van der Waals surface area contributed by atoms with Crippen LogP contribution in [0.5, 0.6) is 0 Å². The van der Waals surface area contributed by atoms with Gasteiger partial charge in [-0.25, -0.2) is 0 Å². The molecule has 0 aliphatic heterocycles. The standard InChI is InChI=1S/C11H11NO/c13-11(4-5-11)9-2-1-8-3-6-12-10(8)7-9/h1-3,6-7,12-13H,4-5H2. The van der Waals surface area contributed by atoms with Crippen LogP contribution in [0.25, 0.3) is 10.9 Å². The molecule has 0 bridgehead atoms. The number of aromatic nitrogens is 1. The predicted octanol–water partition coefficient (Wildman–Crippen LogP) is 2.15. The van der Waals surface area contributed by atoms with Gasteiger partial charge in [0, 0.05) is 11.7 Å². The molecule has 0 amide bonds. The number of nitrogens with one attached hydrogen (secondary N) is 1. The Bertz CT molecular complexity index is 454. The molecule has 2 aromatic rings. The molecule has 1 saturated carbocycles. The van der Waals surface area contributed by atoms with Gasteiger partial charge in [-0.3, -0.25) is 0 Å². The van der Waals surface area contributed by atoms with Crippen molar-refractivity contribution in [3.63, 3.8) is 0 Å². The molecule has 0 saturated heterocycles. The summed E-state index contributed by atoms with van der Waals surface area (Å²) < 4.78 is 0. The fourth-order valence-electron chi connectivity index (χ4n) is 1.74. The topological polar surface area (TPSA) is 36.0 Å². The summed E-state index contributed by atoms with van der Waals surface area (Å²) in [7, 11) is 0. The third-order valence-electron chi connectivity index (χ3n) is 2.82. The Morgan fingerprint density at radius 3 is 2.85 bits per heavy atom. The Kier molecular flexibility index (Phi) is 1.18. The lowest BCUT2D eigenvalue weighted by Gasteiger charge is -2.07. The number of aromatic amines is 1. The van der Waals surface area contributed by atoms with E-state index in [0.29, 0.717) is 0 Å². The second-order valence-corrected chi connectivity index (χ2v) is 3.81. The van der Waals surface area contributed by atoms with Gasteiger partial charge in [0.2, 0.25) is 0 Å². The van der Waals surface area contributed by atoms with Gasteiger partial charge in [-0.15, -0.1) is 0 Å². The minimum atomic E-state index is -0.515. The molecule has 0 radical (unpaired) electrons. The quantitative estimate of drug-likeness (QED) is 0.681. The van der Waals surface area contributed by atoms with E-state index in [2.05, 4.69) is 11.1 Å². The zero-order valence-electron chi connectivity index (χ0n) is 7.25. The van der Waals surface area contributed by atoms with E-state index in [0.717, 1.165) is 23.9 Å². The summed E-state index contributed by atoms with van der Waals surface area (Å²) in [4.78, 5) is 3.15. The first-order valence-corrected chi connectivity index (χ1v) is 4.58. The summed E-state index contributed by atoms with van der Waals surface area (Å²) in [6.07, 6.45) is 3.73. The molecule has 0 unspecified atom stereocenters. The van der Waals surface area contributed by atoms with Crippen LogP contribution < -0.4 is 0 Å². The summed E-state index contributed by atoms with van der Waals surface area (Å²) in [5, 5.41) is 11.1. The van der Waals surface area contributed by atoms with Crippen LogP contribution in [0.4, 0.5) is 0 Å². The van der Waals surface area contributed by atoms with Gasteiger partial charge in [0.05, 0.1) is 5.60 Å². The highest BCUT2D eigenvalue weighted by Crippen LogP contribution is 2.45. The Balaban J connectivity index is 2.20. The van der Waals surface area contributed by atoms with Crippen LogP contribution in [-0.2, 0) is 5.60 Å². The molecule has 2 nitrogen and oxygen atoms in total. The fraction of sp³-hybridized carbons (Fsp3) is 0.273. The second kappa shape index (κ2) is 2.15. The summed E-state index contributed by atoms with van der Waals surface area (Å²) >= 11 is 0. The number of hydrogen-bond acceptors (Lipinski definition) is 1. The van der Waals surface area contributed by atoms with Crippen molar-refractivity contribution >= 4 is 10.9 Å². The maximum Gasteiger partial charge on any atom is 0.0899 e. The van der Waals surface area contributed by atoms with Gasteiger partial charge in [0.1, 0.15) is 0 Å². The number of rotatable bonds is 1. The molecule has 1 aromatic heterocycles. The minimum absolute atomic E-state index is 0.515. The van der Waals surface area contributed by atoms with Crippen molar-refractivity contribution in [2.45, 2.75) is 18.4 Å². The van der Waals surface area contributed by atoms with Gasteiger partial charge in [-0.2, -0.15) is 0 Å². The summed E-state index contributed by atoms with van der Waals surface area (Å²) in [6, 6.07) is 8.15. The van der Waals surface area contributed by atoms with Crippen LogP contribution in [0, 0.1) is 0 Å². The smallest absolute Gasteiger partial charge is 0.0899 e. The zero-order chi connectivity index (χ0) is 8.89. The molecule has 66 valence electrons. The summed E-state index contributed by atoms with van der Waals surface area (Å²) in [5.41, 5.74) is 1.64. The first kappa shape index (κ1) is 7.15. The second-order valence-electron chi connectivity index (χ2n) is 3.81. The van der Waals surface area contributed by atoms with Crippen molar-refractivity contribution in [2.24, 2.45) is 0 Å². The minimum Gasteiger partial charge on any atom is -0.385 e. The van der Waals surface area contributed by atoms with Crippen molar-refractivity contribution < 1.29 is 5.11 Å². The van der Waals surface area contributed by atoms with E-state index in [9.17, 15) is 5.11 Å². The number of benzene rings is 1. The van der Waals surface area contributed by atoms with Crippen molar-refractivity contribution in [3.8, 4) is 0 Å². The Hall–Kier alpha value is -1.28. The molecular weight excluding hydrogens is 162 g/mol. The van der Waals surface area contributed by atoms with Crippen molar-refractivity contribution in [1.29, 1.82) is 0 Å². The zero-order valence-corrected chi connectivity index (χ0v) is 7.25. The van der Waals surface area contributed by atoms with E-state index in [1.54, 1.807) is 0 Å². The Labute approximate surface area is 76.2 Å².